The van der Waals surface area contributed by atoms with E-state index in [0.717, 1.165) is 4.88 Å². The van der Waals surface area contributed by atoms with Gasteiger partial charge in [-0.05, 0) is 41.6 Å². The van der Waals surface area contributed by atoms with Crippen molar-refractivity contribution in [3.05, 3.63) is 51.2 Å². The van der Waals surface area contributed by atoms with Crippen LogP contribution in [0.25, 0.3) is 0 Å². The van der Waals surface area contributed by atoms with E-state index in [9.17, 15) is 8.42 Å². The number of likely N-dealkylation sites (N-methyl/N-ethyl adjacent to an activating group) is 1. The van der Waals surface area contributed by atoms with Crippen LogP contribution in [0.15, 0.2) is 40.6 Å². The van der Waals surface area contributed by atoms with Gasteiger partial charge in [0.15, 0.2) is 0 Å². The minimum atomic E-state index is -3.52. The number of sulfonamides is 1. The molecule has 0 fully saturated rings. The summed E-state index contributed by atoms with van der Waals surface area (Å²) in [6, 6.07) is 8.59. The summed E-state index contributed by atoms with van der Waals surface area (Å²) in [6.45, 7) is 0.643. The van der Waals surface area contributed by atoms with Crippen LogP contribution < -0.4 is 5.73 Å². The Morgan fingerprint density at radius 3 is 2.71 bits per heavy atom. The van der Waals surface area contributed by atoms with Gasteiger partial charge in [0, 0.05) is 30.0 Å². The van der Waals surface area contributed by atoms with E-state index in [1.807, 2.05) is 17.5 Å². The van der Waals surface area contributed by atoms with Crippen molar-refractivity contribution in [3.8, 4) is 0 Å². The Morgan fingerprint density at radius 2 is 2.10 bits per heavy atom. The lowest BCUT2D eigenvalue weighted by molar-refractivity contribution is 0.473. The molecule has 0 bridgehead atoms. The lowest BCUT2D eigenvalue weighted by atomic mass is 10.2. The number of nitrogens with zero attached hydrogens (tertiary/aromatic N) is 1. The molecule has 0 unspecified atom stereocenters. The molecule has 0 aliphatic carbocycles. The first-order valence-corrected chi connectivity index (χ1v) is 9.12. The van der Waals surface area contributed by atoms with Crippen molar-refractivity contribution < 1.29 is 8.42 Å². The molecule has 21 heavy (non-hydrogen) atoms. The molecule has 2 rings (SSSR count). The summed E-state index contributed by atoms with van der Waals surface area (Å²) in [5.41, 5.74) is 6.20. The minimum absolute atomic E-state index is 0.209. The summed E-state index contributed by atoms with van der Waals surface area (Å²) in [6.07, 6.45) is 0.699. The summed E-state index contributed by atoms with van der Waals surface area (Å²) in [5, 5.41) is 2.47. The highest BCUT2D eigenvalue weighted by molar-refractivity contribution is 7.89. The molecule has 0 radical (unpaired) electrons. The molecule has 0 saturated heterocycles. The van der Waals surface area contributed by atoms with Gasteiger partial charge >= 0.3 is 0 Å². The fourth-order valence-corrected chi connectivity index (χ4v) is 4.01. The first kappa shape index (κ1) is 16.5. The third kappa shape index (κ3) is 3.84. The Kier molecular flexibility index (Phi) is 5.40. The quantitative estimate of drug-likeness (QED) is 0.876. The smallest absolute Gasteiger partial charge is 0.242 e. The molecule has 0 spiro atoms. The predicted molar refractivity (Wildman–Crippen MR) is 87.2 cm³/mol. The number of thiophene rings is 1. The zero-order chi connectivity index (χ0) is 15.5. The van der Waals surface area contributed by atoms with Crippen molar-refractivity contribution in [2.45, 2.75) is 17.9 Å². The van der Waals surface area contributed by atoms with Crippen LogP contribution in [0.4, 0.5) is 0 Å². The van der Waals surface area contributed by atoms with Crippen molar-refractivity contribution in [2.24, 2.45) is 5.73 Å². The standard InChI is InChI=1S/C14H17ClN2O2S2/c1-17(7-6-12-3-2-8-20-12)21(18,19)13-4-5-14(15)11(9-13)10-16/h2-5,8-9H,6-7,10,16H2,1H3. The van der Waals surface area contributed by atoms with Gasteiger partial charge in [-0.15, -0.1) is 11.3 Å². The van der Waals surface area contributed by atoms with Gasteiger partial charge in [0.2, 0.25) is 10.0 Å². The molecule has 0 saturated carbocycles. The fourth-order valence-electron chi connectivity index (χ4n) is 1.89. The molecule has 0 amide bonds. The molecule has 0 atom stereocenters. The van der Waals surface area contributed by atoms with E-state index in [-0.39, 0.29) is 11.4 Å². The van der Waals surface area contributed by atoms with Crippen LogP contribution in [0.5, 0.6) is 0 Å². The average molecular weight is 345 g/mol. The van der Waals surface area contributed by atoms with Crippen LogP contribution in [-0.4, -0.2) is 26.3 Å². The number of hydrogen-bond donors (Lipinski definition) is 1. The molecular weight excluding hydrogens is 328 g/mol. The van der Waals surface area contributed by atoms with Crippen LogP contribution in [0.1, 0.15) is 10.4 Å². The van der Waals surface area contributed by atoms with E-state index in [4.69, 9.17) is 17.3 Å². The van der Waals surface area contributed by atoms with E-state index in [1.54, 1.807) is 30.5 Å². The van der Waals surface area contributed by atoms with E-state index >= 15 is 0 Å². The average Bonchev–Trinajstić information content (AvgIpc) is 2.98. The summed E-state index contributed by atoms with van der Waals surface area (Å²) in [7, 11) is -1.93. The molecule has 1 aromatic heterocycles. The third-order valence-corrected chi connectivity index (χ3v) is 6.36. The first-order chi connectivity index (χ1) is 9.95. The summed E-state index contributed by atoms with van der Waals surface area (Å²) < 4.78 is 26.4. The SMILES string of the molecule is CN(CCc1cccs1)S(=O)(=O)c1ccc(Cl)c(CN)c1. The highest BCUT2D eigenvalue weighted by atomic mass is 35.5. The van der Waals surface area contributed by atoms with Crippen molar-refractivity contribution in [1.82, 2.24) is 4.31 Å². The third-order valence-electron chi connectivity index (χ3n) is 3.20. The van der Waals surface area contributed by atoms with E-state index in [0.29, 0.717) is 23.6 Å². The van der Waals surface area contributed by atoms with Crippen LogP contribution in [-0.2, 0) is 23.0 Å². The Morgan fingerprint density at radius 1 is 1.33 bits per heavy atom. The molecule has 4 nitrogen and oxygen atoms in total. The molecule has 2 aromatic rings. The highest BCUT2D eigenvalue weighted by Crippen LogP contribution is 2.22. The Balaban J connectivity index is 2.16. The van der Waals surface area contributed by atoms with Crippen LogP contribution >= 0.6 is 22.9 Å². The second-order valence-corrected chi connectivity index (χ2v) is 8.10. The zero-order valence-corrected chi connectivity index (χ0v) is 14.0. The minimum Gasteiger partial charge on any atom is -0.326 e. The fraction of sp³-hybridized carbons (Fsp3) is 0.286. The van der Waals surface area contributed by atoms with Crippen molar-refractivity contribution in [1.29, 1.82) is 0 Å². The van der Waals surface area contributed by atoms with Crippen molar-refractivity contribution in [2.75, 3.05) is 13.6 Å². The van der Waals surface area contributed by atoms with E-state index < -0.39 is 10.0 Å². The second-order valence-electron chi connectivity index (χ2n) is 4.61. The van der Waals surface area contributed by atoms with Crippen LogP contribution in [0.3, 0.4) is 0 Å². The maximum Gasteiger partial charge on any atom is 0.242 e. The monoisotopic (exact) mass is 344 g/mol. The molecule has 0 aliphatic rings. The summed E-state index contributed by atoms with van der Waals surface area (Å²) >= 11 is 7.59. The number of halogens is 1. The van der Waals surface area contributed by atoms with Crippen molar-refractivity contribution in [3.63, 3.8) is 0 Å². The summed E-state index contributed by atoms with van der Waals surface area (Å²) in [4.78, 5) is 1.39. The summed E-state index contributed by atoms with van der Waals surface area (Å²) in [5.74, 6) is 0. The number of hydrogen-bond acceptors (Lipinski definition) is 4. The van der Waals surface area contributed by atoms with Gasteiger partial charge in [-0.3, -0.25) is 0 Å². The first-order valence-electron chi connectivity index (χ1n) is 6.42. The van der Waals surface area contributed by atoms with Gasteiger partial charge in [-0.1, -0.05) is 17.7 Å². The lowest BCUT2D eigenvalue weighted by Crippen LogP contribution is -2.29. The molecule has 0 aliphatic heterocycles. The maximum absolute atomic E-state index is 12.5. The molecule has 114 valence electrons. The van der Waals surface area contributed by atoms with Gasteiger partial charge in [0.25, 0.3) is 0 Å². The number of rotatable bonds is 6. The van der Waals surface area contributed by atoms with Gasteiger partial charge in [0.1, 0.15) is 0 Å². The molecule has 1 aromatic carbocycles. The molecule has 2 N–H and O–H groups in total. The van der Waals surface area contributed by atoms with Gasteiger partial charge in [-0.2, -0.15) is 0 Å². The maximum atomic E-state index is 12.5. The van der Waals surface area contributed by atoms with Gasteiger partial charge in [-0.25, -0.2) is 12.7 Å². The molecule has 1 heterocycles. The second kappa shape index (κ2) is 6.89. The Labute approximate surface area is 134 Å². The Bertz CT molecular complexity index is 700. The van der Waals surface area contributed by atoms with Crippen LogP contribution in [0, 0.1) is 0 Å². The van der Waals surface area contributed by atoms with Gasteiger partial charge in [0.05, 0.1) is 4.90 Å². The van der Waals surface area contributed by atoms with E-state index in [2.05, 4.69) is 0 Å². The highest BCUT2D eigenvalue weighted by Gasteiger charge is 2.21. The predicted octanol–water partition coefficient (Wildman–Crippen LogP) is 2.72. The zero-order valence-electron chi connectivity index (χ0n) is 11.6. The van der Waals surface area contributed by atoms with Gasteiger partial charge < -0.3 is 5.73 Å². The number of benzene rings is 1. The number of nitrogens with two attached hydrogens (primary N) is 1. The lowest BCUT2D eigenvalue weighted by Gasteiger charge is -2.17. The largest absolute Gasteiger partial charge is 0.326 e. The Hall–Kier alpha value is -0.920. The topological polar surface area (TPSA) is 63.4 Å². The van der Waals surface area contributed by atoms with Crippen LogP contribution in [0.2, 0.25) is 5.02 Å². The van der Waals surface area contributed by atoms with E-state index in [1.165, 1.54) is 10.4 Å². The normalized spacial score (nSPS) is 12.0. The van der Waals surface area contributed by atoms with Crippen molar-refractivity contribution >= 4 is 33.0 Å². The molecule has 7 heteroatoms. The molecular formula is C14H17ClN2O2S2.